The summed E-state index contributed by atoms with van der Waals surface area (Å²) in [6.07, 6.45) is 7.23. The van der Waals surface area contributed by atoms with Gasteiger partial charge in [0.2, 0.25) is 5.91 Å². The van der Waals surface area contributed by atoms with Crippen LogP contribution >= 0.6 is 11.3 Å². The van der Waals surface area contributed by atoms with Crippen LogP contribution in [0.3, 0.4) is 0 Å². The molecule has 0 spiro atoms. The number of amides is 1. The monoisotopic (exact) mass is 351 g/mol. The zero-order chi connectivity index (χ0) is 16.8. The third-order valence-electron chi connectivity index (χ3n) is 6.72. The van der Waals surface area contributed by atoms with Crippen LogP contribution in [0.15, 0.2) is 41.8 Å². The van der Waals surface area contributed by atoms with Crippen molar-refractivity contribution in [2.75, 3.05) is 6.54 Å². The fourth-order valence-electron chi connectivity index (χ4n) is 5.55. The normalized spacial score (nSPS) is 30.5. The molecule has 1 aromatic heterocycles. The molecular weight excluding hydrogens is 326 g/mol. The van der Waals surface area contributed by atoms with Crippen molar-refractivity contribution in [3.05, 3.63) is 57.8 Å². The summed E-state index contributed by atoms with van der Waals surface area (Å²) >= 11 is 1.84. The van der Waals surface area contributed by atoms with Crippen molar-refractivity contribution in [1.29, 1.82) is 0 Å². The molecule has 2 aromatic rings. The molecule has 1 aliphatic heterocycles. The molecule has 2 saturated carbocycles. The van der Waals surface area contributed by atoms with Crippen molar-refractivity contribution in [3.63, 3.8) is 0 Å². The van der Waals surface area contributed by atoms with Gasteiger partial charge in [-0.25, -0.2) is 0 Å². The maximum atomic E-state index is 13.3. The Labute approximate surface area is 153 Å². The minimum absolute atomic E-state index is 0.113. The lowest BCUT2D eigenvalue weighted by molar-refractivity contribution is -0.134. The van der Waals surface area contributed by atoms with Crippen molar-refractivity contribution in [2.24, 2.45) is 17.8 Å². The second kappa shape index (κ2) is 6.28. The number of carbonyl (C=O) groups is 1. The Morgan fingerprint density at radius 1 is 1.12 bits per heavy atom. The number of hydrogen-bond acceptors (Lipinski definition) is 2. The van der Waals surface area contributed by atoms with E-state index in [1.807, 2.05) is 11.3 Å². The SMILES string of the molecule is O=C(CC1CC2CCC1C2)N1CCc2sccc2C1c1ccccc1. The van der Waals surface area contributed by atoms with Gasteiger partial charge in [-0.05, 0) is 66.0 Å². The Hall–Kier alpha value is -1.61. The Bertz CT molecular complexity index is 767. The zero-order valence-electron chi connectivity index (χ0n) is 14.6. The third-order valence-corrected chi connectivity index (χ3v) is 7.72. The Kier molecular flexibility index (Phi) is 3.93. The first-order valence-electron chi connectivity index (χ1n) is 9.70. The maximum Gasteiger partial charge on any atom is 0.223 e. The molecule has 2 bridgehead atoms. The molecule has 3 aliphatic rings. The van der Waals surface area contributed by atoms with Gasteiger partial charge in [0.1, 0.15) is 0 Å². The van der Waals surface area contributed by atoms with Crippen molar-refractivity contribution in [2.45, 2.75) is 44.6 Å². The van der Waals surface area contributed by atoms with Crippen molar-refractivity contribution in [3.8, 4) is 0 Å². The molecule has 2 aliphatic carbocycles. The average molecular weight is 352 g/mol. The summed E-state index contributed by atoms with van der Waals surface area (Å²) in [5.41, 5.74) is 2.60. The van der Waals surface area contributed by atoms with Gasteiger partial charge in [0.25, 0.3) is 0 Å². The molecular formula is C22H25NOS. The van der Waals surface area contributed by atoms with E-state index in [0.29, 0.717) is 11.8 Å². The molecule has 25 heavy (non-hydrogen) atoms. The van der Waals surface area contributed by atoms with Gasteiger partial charge in [-0.2, -0.15) is 0 Å². The molecule has 1 aromatic carbocycles. The van der Waals surface area contributed by atoms with Crippen LogP contribution in [0.2, 0.25) is 0 Å². The molecule has 1 amide bonds. The van der Waals surface area contributed by atoms with Gasteiger partial charge in [0.05, 0.1) is 6.04 Å². The number of benzene rings is 1. The third kappa shape index (κ3) is 2.73. The number of rotatable bonds is 3. The first-order valence-corrected chi connectivity index (χ1v) is 10.6. The molecule has 2 heterocycles. The van der Waals surface area contributed by atoms with E-state index in [1.165, 1.54) is 41.7 Å². The van der Waals surface area contributed by atoms with Crippen LogP contribution in [-0.4, -0.2) is 17.4 Å². The van der Waals surface area contributed by atoms with Gasteiger partial charge in [-0.15, -0.1) is 11.3 Å². The summed E-state index contributed by atoms with van der Waals surface area (Å²) in [5.74, 6) is 2.76. The number of hydrogen-bond donors (Lipinski definition) is 0. The largest absolute Gasteiger partial charge is 0.331 e. The Balaban J connectivity index is 1.42. The highest BCUT2D eigenvalue weighted by molar-refractivity contribution is 7.10. The molecule has 2 fully saturated rings. The first kappa shape index (κ1) is 15.6. The zero-order valence-corrected chi connectivity index (χ0v) is 15.4. The summed E-state index contributed by atoms with van der Waals surface area (Å²) in [4.78, 5) is 16.9. The Morgan fingerprint density at radius 3 is 2.76 bits per heavy atom. The second-order valence-electron chi connectivity index (χ2n) is 8.09. The predicted molar refractivity (Wildman–Crippen MR) is 102 cm³/mol. The van der Waals surface area contributed by atoms with Crippen LogP contribution in [0.4, 0.5) is 0 Å². The molecule has 5 rings (SSSR count). The van der Waals surface area contributed by atoms with Crippen LogP contribution in [-0.2, 0) is 11.2 Å². The number of fused-ring (bicyclic) bond motifs is 3. The average Bonchev–Trinajstić information content (AvgIpc) is 3.37. The van der Waals surface area contributed by atoms with Crippen molar-refractivity contribution in [1.82, 2.24) is 4.90 Å². The summed E-state index contributed by atoms with van der Waals surface area (Å²) in [5, 5.41) is 2.19. The predicted octanol–water partition coefficient (Wildman–Crippen LogP) is 5.05. The van der Waals surface area contributed by atoms with Crippen molar-refractivity contribution >= 4 is 17.2 Å². The highest BCUT2D eigenvalue weighted by Gasteiger charge is 2.42. The van der Waals surface area contributed by atoms with Crippen LogP contribution < -0.4 is 0 Å². The quantitative estimate of drug-likeness (QED) is 0.758. The summed E-state index contributed by atoms with van der Waals surface area (Å²) in [7, 11) is 0. The van der Waals surface area contributed by atoms with E-state index in [4.69, 9.17) is 0 Å². The summed E-state index contributed by atoms with van der Waals surface area (Å²) in [6.45, 7) is 0.868. The van der Waals surface area contributed by atoms with Gasteiger partial charge in [0.15, 0.2) is 0 Å². The van der Waals surface area contributed by atoms with Gasteiger partial charge < -0.3 is 4.90 Å². The van der Waals surface area contributed by atoms with E-state index in [2.05, 4.69) is 46.7 Å². The van der Waals surface area contributed by atoms with Crippen LogP contribution in [0.25, 0.3) is 0 Å². The van der Waals surface area contributed by atoms with E-state index in [1.54, 1.807) is 0 Å². The molecule has 0 N–H and O–H groups in total. The molecule has 0 saturated heterocycles. The summed E-state index contributed by atoms with van der Waals surface area (Å²) < 4.78 is 0. The molecule has 2 nitrogen and oxygen atoms in total. The number of nitrogens with zero attached hydrogens (tertiary/aromatic N) is 1. The Morgan fingerprint density at radius 2 is 2.00 bits per heavy atom. The van der Waals surface area contributed by atoms with E-state index in [0.717, 1.165) is 31.2 Å². The van der Waals surface area contributed by atoms with E-state index >= 15 is 0 Å². The van der Waals surface area contributed by atoms with Gasteiger partial charge in [-0.1, -0.05) is 36.8 Å². The van der Waals surface area contributed by atoms with Gasteiger partial charge in [-0.3, -0.25) is 4.79 Å². The molecule has 130 valence electrons. The minimum atomic E-state index is 0.113. The minimum Gasteiger partial charge on any atom is -0.331 e. The highest BCUT2D eigenvalue weighted by Crippen LogP contribution is 2.50. The smallest absolute Gasteiger partial charge is 0.223 e. The standard InChI is InChI=1S/C22H25NOS/c24-21(14-18-13-15-6-7-17(18)12-15)23-10-8-20-19(9-11-25-20)22(23)16-4-2-1-3-5-16/h1-5,9,11,15,17-18,22H,6-8,10,12-14H2. The van der Waals surface area contributed by atoms with Crippen LogP contribution in [0.5, 0.6) is 0 Å². The molecule has 0 radical (unpaired) electrons. The van der Waals surface area contributed by atoms with Crippen molar-refractivity contribution < 1.29 is 4.79 Å². The summed E-state index contributed by atoms with van der Waals surface area (Å²) in [6, 6.07) is 12.9. The number of carbonyl (C=O) groups excluding carboxylic acids is 1. The molecule has 4 atom stereocenters. The fourth-order valence-corrected chi connectivity index (χ4v) is 6.45. The topological polar surface area (TPSA) is 20.3 Å². The van der Waals surface area contributed by atoms with Gasteiger partial charge >= 0.3 is 0 Å². The lowest BCUT2D eigenvalue weighted by Crippen LogP contribution is -2.41. The van der Waals surface area contributed by atoms with E-state index in [9.17, 15) is 4.79 Å². The second-order valence-corrected chi connectivity index (χ2v) is 9.09. The maximum absolute atomic E-state index is 13.3. The lowest BCUT2D eigenvalue weighted by atomic mass is 9.85. The number of thiophene rings is 1. The van der Waals surface area contributed by atoms with E-state index < -0.39 is 0 Å². The van der Waals surface area contributed by atoms with Crippen LogP contribution in [0.1, 0.15) is 54.1 Å². The lowest BCUT2D eigenvalue weighted by Gasteiger charge is -2.37. The van der Waals surface area contributed by atoms with E-state index in [-0.39, 0.29) is 6.04 Å². The molecule has 4 unspecified atom stereocenters. The van der Waals surface area contributed by atoms with Gasteiger partial charge in [0, 0.05) is 17.8 Å². The van der Waals surface area contributed by atoms with Crippen LogP contribution in [0, 0.1) is 17.8 Å². The molecule has 3 heteroatoms. The fraction of sp³-hybridized carbons (Fsp3) is 0.500. The first-order chi connectivity index (χ1) is 12.3. The highest BCUT2D eigenvalue weighted by atomic mass is 32.1.